The molecule has 0 aliphatic heterocycles. The molecule has 3 aromatic carbocycles. The van der Waals surface area contributed by atoms with Crippen molar-refractivity contribution in [2.75, 3.05) is 7.05 Å². The van der Waals surface area contributed by atoms with Gasteiger partial charge in [0.2, 0.25) is 11.8 Å². The van der Waals surface area contributed by atoms with Gasteiger partial charge in [-0.2, -0.15) is 0 Å². The topological polar surface area (TPSA) is 49.4 Å². The van der Waals surface area contributed by atoms with Crippen molar-refractivity contribution in [2.24, 2.45) is 0 Å². The average Bonchev–Trinajstić information content (AvgIpc) is 2.79. The second-order valence-corrected chi connectivity index (χ2v) is 7.93. The predicted octanol–water partition coefficient (Wildman–Crippen LogP) is 4.23. The van der Waals surface area contributed by atoms with Crippen molar-refractivity contribution < 1.29 is 9.59 Å². The van der Waals surface area contributed by atoms with E-state index in [0.717, 1.165) is 27.8 Å². The van der Waals surface area contributed by atoms with Crippen LogP contribution in [0.2, 0.25) is 0 Å². The minimum atomic E-state index is -0.592. The number of amides is 2. The van der Waals surface area contributed by atoms with Crippen LogP contribution in [0.4, 0.5) is 0 Å². The van der Waals surface area contributed by atoms with Gasteiger partial charge in [-0.1, -0.05) is 84.4 Å². The van der Waals surface area contributed by atoms with E-state index >= 15 is 0 Å². The zero-order valence-electron chi connectivity index (χ0n) is 18.5. The summed E-state index contributed by atoms with van der Waals surface area (Å²) in [6, 6.07) is 25.2. The lowest BCUT2D eigenvalue weighted by molar-refractivity contribution is -0.140. The molecule has 2 amide bonds. The molecule has 0 radical (unpaired) electrons. The van der Waals surface area contributed by atoms with Gasteiger partial charge >= 0.3 is 0 Å². The third kappa shape index (κ3) is 6.05. The van der Waals surface area contributed by atoms with Gasteiger partial charge in [0.05, 0.1) is 6.42 Å². The second kappa shape index (κ2) is 10.6. The van der Waals surface area contributed by atoms with Gasteiger partial charge in [-0.15, -0.1) is 0 Å². The van der Waals surface area contributed by atoms with E-state index in [9.17, 15) is 9.59 Å². The van der Waals surface area contributed by atoms with Crippen LogP contribution >= 0.6 is 0 Å². The van der Waals surface area contributed by atoms with Crippen LogP contribution in [-0.2, 0) is 29.0 Å². The highest BCUT2D eigenvalue weighted by Gasteiger charge is 2.30. The standard InChI is InChI=1S/C27H30N2O2/c1-20-14-15-21(2)24(16-20)18-26(30)29(19-23-12-8-5-9-13-23)25(27(31)28-3)17-22-10-6-4-7-11-22/h4-16,25H,17-19H2,1-3H3,(H,28,31)/t25-/m1/s1. The molecule has 0 saturated heterocycles. The fraction of sp³-hybridized carbons (Fsp3) is 0.259. The first-order valence-corrected chi connectivity index (χ1v) is 10.6. The van der Waals surface area contributed by atoms with E-state index in [-0.39, 0.29) is 18.2 Å². The smallest absolute Gasteiger partial charge is 0.242 e. The number of nitrogens with one attached hydrogen (secondary N) is 1. The summed E-state index contributed by atoms with van der Waals surface area (Å²) in [7, 11) is 1.62. The predicted molar refractivity (Wildman–Crippen MR) is 125 cm³/mol. The minimum Gasteiger partial charge on any atom is -0.357 e. The number of rotatable bonds is 8. The molecule has 160 valence electrons. The van der Waals surface area contributed by atoms with Crippen LogP contribution in [-0.4, -0.2) is 29.8 Å². The van der Waals surface area contributed by atoms with Crippen LogP contribution < -0.4 is 5.32 Å². The summed E-state index contributed by atoms with van der Waals surface area (Å²) in [4.78, 5) is 28.2. The summed E-state index contributed by atoms with van der Waals surface area (Å²) in [5, 5.41) is 2.76. The third-order valence-corrected chi connectivity index (χ3v) is 5.56. The van der Waals surface area contributed by atoms with E-state index in [0.29, 0.717) is 13.0 Å². The largest absolute Gasteiger partial charge is 0.357 e. The number of hydrogen-bond donors (Lipinski definition) is 1. The fourth-order valence-corrected chi connectivity index (χ4v) is 3.76. The molecule has 0 aromatic heterocycles. The van der Waals surface area contributed by atoms with Crippen LogP contribution in [0.1, 0.15) is 27.8 Å². The SMILES string of the molecule is CNC(=O)[C@@H](Cc1ccccc1)N(Cc1ccccc1)C(=O)Cc1cc(C)ccc1C. The summed E-state index contributed by atoms with van der Waals surface area (Å²) in [5.41, 5.74) is 5.22. The highest BCUT2D eigenvalue weighted by atomic mass is 16.2. The quantitative estimate of drug-likeness (QED) is 0.600. The molecular weight excluding hydrogens is 384 g/mol. The minimum absolute atomic E-state index is 0.0536. The van der Waals surface area contributed by atoms with Crippen molar-refractivity contribution in [3.63, 3.8) is 0 Å². The lowest BCUT2D eigenvalue weighted by Crippen LogP contribution is -2.50. The molecule has 0 unspecified atom stereocenters. The maximum absolute atomic E-state index is 13.6. The molecule has 1 atom stereocenters. The van der Waals surface area contributed by atoms with Crippen LogP contribution in [0.25, 0.3) is 0 Å². The first kappa shape index (κ1) is 22.3. The normalized spacial score (nSPS) is 11.6. The molecule has 0 spiro atoms. The van der Waals surface area contributed by atoms with Gasteiger partial charge in [0.25, 0.3) is 0 Å². The van der Waals surface area contributed by atoms with Crippen LogP contribution in [0.5, 0.6) is 0 Å². The first-order valence-electron chi connectivity index (χ1n) is 10.6. The summed E-state index contributed by atoms with van der Waals surface area (Å²) in [6.45, 7) is 4.43. The number of likely N-dealkylation sites (N-methyl/N-ethyl adjacent to an activating group) is 1. The summed E-state index contributed by atoms with van der Waals surface area (Å²) < 4.78 is 0. The van der Waals surface area contributed by atoms with Crippen LogP contribution in [0, 0.1) is 13.8 Å². The van der Waals surface area contributed by atoms with Crippen molar-refractivity contribution in [3.05, 3.63) is 107 Å². The molecule has 0 fully saturated rings. The highest BCUT2D eigenvalue weighted by molar-refractivity contribution is 5.88. The Kier molecular flexibility index (Phi) is 7.60. The first-order chi connectivity index (χ1) is 15.0. The van der Waals surface area contributed by atoms with E-state index in [1.807, 2.05) is 86.6 Å². The van der Waals surface area contributed by atoms with Crippen LogP contribution in [0.3, 0.4) is 0 Å². The van der Waals surface area contributed by atoms with Gasteiger partial charge in [0.1, 0.15) is 6.04 Å². The Morgan fingerprint density at radius 1 is 0.871 bits per heavy atom. The Labute approximate surface area is 184 Å². The van der Waals surface area contributed by atoms with Gasteiger partial charge in [-0.05, 0) is 36.1 Å². The molecule has 1 N–H and O–H groups in total. The van der Waals surface area contributed by atoms with Crippen molar-refractivity contribution >= 4 is 11.8 Å². The fourth-order valence-electron chi connectivity index (χ4n) is 3.76. The van der Waals surface area contributed by atoms with E-state index in [1.54, 1.807) is 11.9 Å². The van der Waals surface area contributed by atoms with E-state index in [1.165, 1.54) is 0 Å². The Morgan fingerprint density at radius 3 is 2.10 bits per heavy atom. The molecule has 4 heteroatoms. The zero-order chi connectivity index (χ0) is 22.2. The number of nitrogens with zero attached hydrogens (tertiary/aromatic N) is 1. The van der Waals surface area contributed by atoms with Gasteiger partial charge < -0.3 is 10.2 Å². The molecule has 31 heavy (non-hydrogen) atoms. The van der Waals surface area contributed by atoms with E-state index in [2.05, 4.69) is 11.4 Å². The van der Waals surface area contributed by atoms with Crippen molar-refractivity contribution in [2.45, 2.75) is 39.3 Å². The lowest BCUT2D eigenvalue weighted by Gasteiger charge is -2.31. The van der Waals surface area contributed by atoms with Crippen molar-refractivity contribution in [1.82, 2.24) is 10.2 Å². The molecular formula is C27H30N2O2. The highest BCUT2D eigenvalue weighted by Crippen LogP contribution is 2.18. The molecule has 3 rings (SSSR count). The maximum atomic E-state index is 13.6. The molecule has 4 nitrogen and oxygen atoms in total. The van der Waals surface area contributed by atoms with Gasteiger partial charge in [-0.25, -0.2) is 0 Å². The molecule has 0 bridgehead atoms. The summed E-state index contributed by atoms with van der Waals surface area (Å²) >= 11 is 0. The van der Waals surface area contributed by atoms with Crippen molar-refractivity contribution in [3.8, 4) is 0 Å². The Balaban J connectivity index is 1.95. The van der Waals surface area contributed by atoms with Gasteiger partial charge in [-0.3, -0.25) is 9.59 Å². The molecule has 0 aliphatic carbocycles. The summed E-state index contributed by atoms with van der Waals surface area (Å²) in [6.07, 6.45) is 0.731. The average molecular weight is 415 g/mol. The zero-order valence-corrected chi connectivity index (χ0v) is 18.5. The lowest BCUT2D eigenvalue weighted by atomic mass is 9.99. The Hall–Kier alpha value is -3.40. The number of benzene rings is 3. The third-order valence-electron chi connectivity index (χ3n) is 5.56. The number of carbonyl (C=O) groups is 2. The summed E-state index contributed by atoms with van der Waals surface area (Å²) in [5.74, 6) is -0.212. The molecule has 0 saturated carbocycles. The number of carbonyl (C=O) groups excluding carboxylic acids is 2. The number of aryl methyl sites for hydroxylation is 2. The Bertz CT molecular complexity index is 1020. The van der Waals surface area contributed by atoms with Gasteiger partial charge in [0.15, 0.2) is 0 Å². The van der Waals surface area contributed by atoms with Crippen molar-refractivity contribution in [1.29, 1.82) is 0 Å². The molecule has 0 heterocycles. The van der Waals surface area contributed by atoms with E-state index < -0.39 is 6.04 Å². The molecule has 3 aromatic rings. The number of hydrogen-bond acceptors (Lipinski definition) is 2. The Morgan fingerprint density at radius 2 is 1.48 bits per heavy atom. The van der Waals surface area contributed by atoms with Crippen LogP contribution in [0.15, 0.2) is 78.9 Å². The van der Waals surface area contributed by atoms with Gasteiger partial charge in [0, 0.05) is 20.0 Å². The van der Waals surface area contributed by atoms with E-state index in [4.69, 9.17) is 0 Å². The monoisotopic (exact) mass is 414 g/mol. The maximum Gasteiger partial charge on any atom is 0.242 e. The second-order valence-electron chi connectivity index (χ2n) is 7.93. The molecule has 0 aliphatic rings.